The van der Waals surface area contributed by atoms with E-state index in [1.165, 1.54) is 12.1 Å². The average molecular weight is 407 g/mol. The van der Waals surface area contributed by atoms with E-state index in [4.69, 9.17) is 4.98 Å². The summed E-state index contributed by atoms with van der Waals surface area (Å²) in [6.07, 6.45) is 6.12. The molecule has 2 heterocycles. The number of nitrogens with one attached hydrogen (secondary N) is 1. The molecule has 1 amide bonds. The molecule has 1 atom stereocenters. The maximum absolute atomic E-state index is 13.2. The van der Waals surface area contributed by atoms with E-state index in [0.29, 0.717) is 30.9 Å². The van der Waals surface area contributed by atoms with Gasteiger partial charge in [-0.05, 0) is 48.1 Å². The molecule has 0 saturated carbocycles. The summed E-state index contributed by atoms with van der Waals surface area (Å²) in [5, 5.41) is 2.97. The van der Waals surface area contributed by atoms with E-state index in [9.17, 15) is 9.18 Å². The lowest BCUT2D eigenvalue weighted by Crippen LogP contribution is -2.27. The first-order valence-corrected chi connectivity index (χ1v) is 10.2. The second-order valence-corrected chi connectivity index (χ2v) is 7.97. The van der Waals surface area contributed by atoms with E-state index in [-0.39, 0.29) is 17.6 Å². The minimum Gasteiger partial charge on any atom is -0.352 e. The summed E-state index contributed by atoms with van der Waals surface area (Å²) in [6.45, 7) is 6.80. The van der Waals surface area contributed by atoms with Crippen molar-refractivity contribution in [3.8, 4) is 0 Å². The normalized spacial score (nSPS) is 12.0. The number of pyridine rings is 1. The molecule has 1 N–H and O–H groups in total. The quantitative estimate of drug-likeness (QED) is 0.604. The van der Waals surface area contributed by atoms with Crippen molar-refractivity contribution in [1.82, 2.24) is 20.3 Å². The average Bonchev–Trinajstić information content (AvgIpc) is 2.73. The molecule has 0 aliphatic carbocycles. The van der Waals surface area contributed by atoms with Crippen LogP contribution in [0.25, 0.3) is 0 Å². The summed E-state index contributed by atoms with van der Waals surface area (Å²) in [7, 11) is 0. The molecule has 3 aromatic rings. The molecular weight excluding hydrogens is 379 g/mol. The number of amides is 1. The number of halogens is 1. The summed E-state index contributed by atoms with van der Waals surface area (Å²) in [6, 6.07) is 10.2. The first-order valence-electron chi connectivity index (χ1n) is 10.2. The third-order valence-electron chi connectivity index (χ3n) is 4.80. The molecule has 5 nitrogen and oxygen atoms in total. The van der Waals surface area contributed by atoms with Crippen LogP contribution >= 0.6 is 0 Å². The molecular formula is C24H27FN4O. The predicted molar refractivity (Wildman–Crippen MR) is 115 cm³/mol. The Bertz CT molecular complexity index is 974. The molecule has 0 bridgehead atoms. The molecule has 6 heteroatoms. The zero-order valence-electron chi connectivity index (χ0n) is 17.6. The van der Waals surface area contributed by atoms with Crippen molar-refractivity contribution < 1.29 is 9.18 Å². The van der Waals surface area contributed by atoms with Gasteiger partial charge in [-0.15, -0.1) is 0 Å². The lowest BCUT2D eigenvalue weighted by Gasteiger charge is -2.14. The molecule has 0 fully saturated rings. The maximum atomic E-state index is 13.2. The highest BCUT2D eigenvalue weighted by Gasteiger charge is 2.14. The van der Waals surface area contributed by atoms with Gasteiger partial charge in [0.25, 0.3) is 5.91 Å². The Morgan fingerprint density at radius 2 is 1.77 bits per heavy atom. The fourth-order valence-electron chi connectivity index (χ4n) is 3.20. The number of nitrogens with zero attached hydrogens (tertiary/aromatic N) is 3. The van der Waals surface area contributed by atoms with Crippen molar-refractivity contribution in [3.05, 3.63) is 89.0 Å². The summed E-state index contributed by atoms with van der Waals surface area (Å²) in [5.74, 6) is 0.144. The molecule has 0 aliphatic rings. The summed E-state index contributed by atoms with van der Waals surface area (Å²) < 4.78 is 13.2. The Kier molecular flexibility index (Phi) is 7.22. The zero-order chi connectivity index (χ0) is 21.5. The van der Waals surface area contributed by atoms with Crippen LogP contribution in [-0.2, 0) is 12.8 Å². The Morgan fingerprint density at radius 3 is 2.43 bits per heavy atom. The van der Waals surface area contributed by atoms with Crippen LogP contribution in [0.1, 0.15) is 59.7 Å². The first kappa shape index (κ1) is 21.6. The Balaban J connectivity index is 1.86. The molecule has 0 aliphatic heterocycles. The number of carbonyl (C=O) groups is 1. The van der Waals surface area contributed by atoms with E-state index in [1.54, 1.807) is 30.7 Å². The van der Waals surface area contributed by atoms with Gasteiger partial charge in [-0.3, -0.25) is 19.7 Å². The van der Waals surface area contributed by atoms with Gasteiger partial charge in [-0.1, -0.05) is 32.9 Å². The first-order chi connectivity index (χ1) is 14.4. The van der Waals surface area contributed by atoms with E-state index < -0.39 is 0 Å². The van der Waals surface area contributed by atoms with E-state index in [0.717, 1.165) is 22.6 Å². The number of hydrogen-bond acceptors (Lipinski definition) is 4. The zero-order valence-corrected chi connectivity index (χ0v) is 17.6. The van der Waals surface area contributed by atoms with E-state index >= 15 is 0 Å². The SMILES string of the molecule is CC(C)CNC(=O)c1cc(Cc2cnccn2)nc(C[C@@H](C)c2ccc(F)cc2)c1. The number of carbonyl (C=O) groups excluding carboxylic acids is 1. The van der Waals surface area contributed by atoms with E-state index in [2.05, 4.69) is 36.1 Å². The fourth-order valence-corrected chi connectivity index (χ4v) is 3.20. The van der Waals surface area contributed by atoms with Crippen LogP contribution in [0.2, 0.25) is 0 Å². The second-order valence-electron chi connectivity index (χ2n) is 7.97. The molecule has 0 saturated heterocycles. The van der Waals surface area contributed by atoms with Crippen molar-refractivity contribution >= 4 is 5.91 Å². The van der Waals surface area contributed by atoms with Crippen LogP contribution in [0, 0.1) is 11.7 Å². The fraction of sp³-hybridized carbons (Fsp3) is 0.333. The Morgan fingerprint density at radius 1 is 1.03 bits per heavy atom. The number of benzene rings is 1. The van der Waals surface area contributed by atoms with Crippen LogP contribution < -0.4 is 5.32 Å². The minimum atomic E-state index is -0.251. The highest BCUT2D eigenvalue weighted by Crippen LogP contribution is 2.21. The predicted octanol–water partition coefficient (Wildman–Crippen LogP) is 4.33. The van der Waals surface area contributed by atoms with Gasteiger partial charge < -0.3 is 5.32 Å². The number of rotatable bonds is 8. The highest BCUT2D eigenvalue weighted by molar-refractivity contribution is 5.94. The van der Waals surface area contributed by atoms with Crippen molar-refractivity contribution in [2.45, 2.75) is 39.5 Å². The van der Waals surface area contributed by atoms with E-state index in [1.807, 2.05) is 12.1 Å². The molecule has 0 radical (unpaired) electrons. The second kappa shape index (κ2) is 10.1. The van der Waals surface area contributed by atoms with Crippen LogP contribution in [0.3, 0.4) is 0 Å². The van der Waals surface area contributed by atoms with Gasteiger partial charge in [0.05, 0.1) is 5.69 Å². The Labute approximate surface area is 176 Å². The molecule has 156 valence electrons. The van der Waals surface area contributed by atoms with Crippen molar-refractivity contribution in [1.29, 1.82) is 0 Å². The largest absolute Gasteiger partial charge is 0.352 e. The summed E-state index contributed by atoms with van der Waals surface area (Å²) in [5.41, 5.74) is 4.01. The highest BCUT2D eigenvalue weighted by atomic mass is 19.1. The molecule has 0 unspecified atom stereocenters. The van der Waals surface area contributed by atoms with Gasteiger partial charge in [-0.25, -0.2) is 4.39 Å². The molecule has 0 spiro atoms. The van der Waals surface area contributed by atoms with Crippen LogP contribution in [0.5, 0.6) is 0 Å². The van der Waals surface area contributed by atoms with Crippen LogP contribution in [-0.4, -0.2) is 27.4 Å². The third kappa shape index (κ3) is 6.17. The Hall–Kier alpha value is -3.15. The molecule has 2 aromatic heterocycles. The molecule has 30 heavy (non-hydrogen) atoms. The summed E-state index contributed by atoms with van der Waals surface area (Å²) >= 11 is 0. The third-order valence-corrected chi connectivity index (χ3v) is 4.80. The number of aromatic nitrogens is 3. The van der Waals surface area contributed by atoms with Gasteiger partial charge in [-0.2, -0.15) is 0 Å². The van der Waals surface area contributed by atoms with Crippen molar-refractivity contribution in [2.24, 2.45) is 5.92 Å². The molecule has 1 aromatic carbocycles. The lowest BCUT2D eigenvalue weighted by molar-refractivity contribution is 0.0948. The monoisotopic (exact) mass is 406 g/mol. The van der Waals surface area contributed by atoms with Crippen LogP contribution in [0.15, 0.2) is 55.0 Å². The van der Waals surface area contributed by atoms with Gasteiger partial charge in [0.2, 0.25) is 0 Å². The van der Waals surface area contributed by atoms with Crippen molar-refractivity contribution in [3.63, 3.8) is 0 Å². The maximum Gasteiger partial charge on any atom is 0.251 e. The summed E-state index contributed by atoms with van der Waals surface area (Å²) in [4.78, 5) is 25.9. The van der Waals surface area contributed by atoms with Crippen molar-refractivity contribution in [2.75, 3.05) is 6.54 Å². The number of hydrogen-bond donors (Lipinski definition) is 1. The van der Waals surface area contributed by atoms with Crippen LogP contribution in [0.4, 0.5) is 4.39 Å². The topological polar surface area (TPSA) is 67.8 Å². The van der Waals surface area contributed by atoms with Gasteiger partial charge in [0.15, 0.2) is 0 Å². The minimum absolute atomic E-state index is 0.109. The lowest BCUT2D eigenvalue weighted by atomic mass is 9.95. The van der Waals surface area contributed by atoms with Gasteiger partial charge in [0.1, 0.15) is 5.82 Å². The smallest absolute Gasteiger partial charge is 0.251 e. The van der Waals surface area contributed by atoms with Gasteiger partial charge >= 0.3 is 0 Å². The standard InChI is InChI=1S/C24H27FN4O/c1-16(2)14-28-24(30)19-11-21(10-17(3)18-4-6-20(25)7-5-18)29-22(12-19)13-23-15-26-8-9-27-23/h4-9,11-12,15-17H,10,13-14H2,1-3H3,(H,28,30)/t17-/m1/s1. The van der Waals surface area contributed by atoms with Gasteiger partial charge in [0, 0.05) is 48.5 Å². The molecule has 3 rings (SSSR count).